The number of carbonyl (C=O) groups is 1. The van der Waals surface area contributed by atoms with E-state index in [2.05, 4.69) is 6.58 Å². The standard InChI is InChI=1S/C14H15F3O2/c1-5-12(18)19-11-7-6-9(14(15,16)17)8-10(11)13(2,3)4/h5-8H,1H2,2-4H3. The molecule has 0 bridgehead atoms. The summed E-state index contributed by atoms with van der Waals surface area (Å²) in [6.07, 6.45) is -3.47. The fourth-order valence-electron chi connectivity index (χ4n) is 1.53. The van der Waals surface area contributed by atoms with E-state index in [1.165, 1.54) is 0 Å². The zero-order valence-electron chi connectivity index (χ0n) is 11.0. The number of carbonyl (C=O) groups excluding carboxylic acids is 1. The van der Waals surface area contributed by atoms with E-state index in [4.69, 9.17) is 4.74 Å². The Bertz CT molecular complexity index is 496. The van der Waals surface area contributed by atoms with E-state index in [9.17, 15) is 18.0 Å². The summed E-state index contributed by atoms with van der Waals surface area (Å²) in [5.74, 6) is -0.587. The van der Waals surface area contributed by atoms with Crippen LogP contribution in [0, 0.1) is 0 Å². The van der Waals surface area contributed by atoms with Crippen LogP contribution in [0.1, 0.15) is 31.9 Å². The Balaban J connectivity index is 3.33. The number of ether oxygens (including phenoxy) is 1. The third kappa shape index (κ3) is 3.84. The highest BCUT2D eigenvalue weighted by molar-refractivity contribution is 5.83. The predicted molar refractivity (Wildman–Crippen MR) is 66.0 cm³/mol. The number of hydrogen-bond donors (Lipinski definition) is 0. The Morgan fingerprint density at radius 2 is 1.84 bits per heavy atom. The predicted octanol–water partition coefficient (Wildman–Crippen LogP) is 4.09. The number of alkyl halides is 3. The molecule has 0 N–H and O–H groups in total. The molecule has 0 fully saturated rings. The summed E-state index contributed by atoms with van der Waals surface area (Å²) in [4.78, 5) is 11.2. The molecule has 5 heteroatoms. The minimum atomic E-state index is -4.43. The van der Waals surface area contributed by atoms with Crippen LogP contribution in [0.2, 0.25) is 0 Å². The van der Waals surface area contributed by atoms with Crippen molar-refractivity contribution in [2.45, 2.75) is 32.4 Å². The average Bonchev–Trinajstić information content (AvgIpc) is 2.26. The van der Waals surface area contributed by atoms with Gasteiger partial charge in [-0.15, -0.1) is 0 Å². The lowest BCUT2D eigenvalue weighted by atomic mass is 9.85. The fraction of sp³-hybridized carbons (Fsp3) is 0.357. The van der Waals surface area contributed by atoms with Crippen LogP contribution in [0.5, 0.6) is 5.75 Å². The van der Waals surface area contributed by atoms with Gasteiger partial charge in [0.15, 0.2) is 0 Å². The van der Waals surface area contributed by atoms with Crippen LogP contribution in [-0.2, 0) is 16.4 Å². The second-order valence-corrected chi connectivity index (χ2v) is 5.08. The lowest BCUT2D eigenvalue weighted by molar-refractivity contribution is -0.137. The van der Waals surface area contributed by atoms with Crippen molar-refractivity contribution in [3.8, 4) is 5.75 Å². The summed E-state index contributed by atoms with van der Waals surface area (Å²) < 4.78 is 43.0. The quantitative estimate of drug-likeness (QED) is 0.460. The van der Waals surface area contributed by atoms with Crippen LogP contribution >= 0.6 is 0 Å². The highest BCUT2D eigenvalue weighted by Crippen LogP contribution is 2.37. The topological polar surface area (TPSA) is 26.3 Å². The molecule has 0 aliphatic carbocycles. The van der Waals surface area contributed by atoms with Gasteiger partial charge in [0, 0.05) is 11.6 Å². The molecule has 2 nitrogen and oxygen atoms in total. The Hall–Kier alpha value is -1.78. The van der Waals surface area contributed by atoms with Gasteiger partial charge < -0.3 is 4.74 Å². The summed E-state index contributed by atoms with van der Waals surface area (Å²) in [7, 11) is 0. The third-order valence-electron chi connectivity index (χ3n) is 2.49. The zero-order valence-corrected chi connectivity index (χ0v) is 11.0. The van der Waals surface area contributed by atoms with Crippen molar-refractivity contribution in [1.29, 1.82) is 0 Å². The molecule has 0 saturated carbocycles. The Morgan fingerprint density at radius 3 is 2.26 bits per heavy atom. The van der Waals surface area contributed by atoms with Gasteiger partial charge >= 0.3 is 12.1 Å². The maximum absolute atomic E-state index is 12.7. The fourth-order valence-corrected chi connectivity index (χ4v) is 1.53. The first-order valence-corrected chi connectivity index (χ1v) is 5.61. The van der Waals surface area contributed by atoms with E-state index in [0.29, 0.717) is 5.56 Å². The lowest BCUT2D eigenvalue weighted by Gasteiger charge is -2.23. The SMILES string of the molecule is C=CC(=O)Oc1ccc(C(F)(F)F)cc1C(C)(C)C. The van der Waals surface area contributed by atoms with Crippen molar-refractivity contribution in [2.75, 3.05) is 0 Å². The molecular formula is C14H15F3O2. The van der Waals surface area contributed by atoms with Crippen molar-refractivity contribution in [3.63, 3.8) is 0 Å². The second-order valence-electron chi connectivity index (χ2n) is 5.08. The van der Waals surface area contributed by atoms with E-state index >= 15 is 0 Å². The number of hydrogen-bond acceptors (Lipinski definition) is 2. The highest BCUT2D eigenvalue weighted by Gasteiger charge is 2.33. The van der Waals surface area contributed by atoms with Crippen molar-refractivity contribution in [1.82, 2.24) is 0 Å². The maximum atomic E-state index is 12.7. The van der Waals surface area contributed by atoms with Crippen LogP contribution in [0.25, 0.3) is 0 Å². The maximum Gasteiger partial charge on any atom is 0.416 e. The van der Waals surface area contributed by atoms with Crippen molar-refractivity contribution in [3.05, 3.63) is 42.0 Å². The molecule has 0 radical (unpaired) electrons. The molecule has 1 rings (SSSR count). The first-order chi connectivity index (χ1) is 8.55. The lowest BCUT2D eigenvalue weighted by Crippen LogP contribution is -2.17. The highest BCUT2D eigenvalue weighted by atomic mass is 19.4. The van der Waals surface area contributed by atoms with Crippen molar-refractivity contribution >= 4 is 5.97 Å². The molecule has 0 amide bonds. The first-order valence-electron chi connectivity index (χ1n) is 5.61. The van der Waals surface area contributed by atoms with Gasteiger partial charge in [0.2, 0.25) is 0 Å². The van der Waals surface area contributed by atoms with Gasteiger partial charge in [0.1, 0.15) is 5.75 Å². The number of rotatable bonds is 2. The van der Waals surface area contributed by atoms with E-state index in [-0.39, 0.29) is 5.75 Å². The van der Waals surface area contributed by atoms with Crippen LogP contribution in [-0.4, -0.2) is 5.97 Å². The molecule has 0 atom stereocenters. The second kappa shape index (κ2) is 5.07. The van der Waals surface area contributed by atoms with Gasteiger partial charge in [0.05, 0.1) is 5.56 Å². The van der Waals surface area contributed by atoms with E-state index in [0.717, 1.165) is 24.3 Å². The Kier molecular flexibility index (Phi) is 4.08. The summed E-state index contributed by atoms with van der Waals surface area (Å²) in [5, 5.41) is 0. The molecule has 0 aliphatic heterocycles. The Morgan fingerprint density at radius 1 is 1.26 bits per heavy atom. The van der Waals surface area contributed by atoms with Crippen LogP contribution in [0.4, 0.5) is 13.2 Å². The number of esters is 1. The molecule has 0 aliphatic rings. The normalized spacial score (nSPS) is 12.1. The van der Waals surface area contributed by atoms with Crippen LogP contribution in [0.3, 0.4) is 0 Å². The largest absolute Gasteiger partial charge is 0.423 e. The van der Waals surface area contributed by atoms with E-state index in [1.54, 1.807) is 20.8 Å². The zero-order chi connectivity index (χ0) is 14.8. The first kappa shape index (κ1) is 15.3. The molecule has 104 valence electrons. The van der Waals surface area contributed by atoms with E-state index in [1.807, 2.05) is 0 Å². The summed E-state index contributed by atoms with van der Waals surface area (Å²) in [5.41, 5.74) is -1.04. The van der Waals surface area contributed by atoms with Crippen molar-refractivity contribution in [2.24, 2.45) is 0 Å². The smallest absolute Gasteiger partial charge is 0.416 e. The molecule has 0 saturated heterocycles. The summed E-state index contributed by atoms with van der Waals surface area (Å²) >= 11 is 0. The average molecular weight is 272 g/mol. The van der Waals surface area contributed by atoms with Crippen LogP contribution in [0.15, 0.2) is 30.9 Å². The van der Waals surface area contributed by atoms with Crippen LogP contribution < -0.4 is 4.74 Å². The Labute approximate surface area is 109 Å². The molecule has 1 aromatic carbocycles. The van der Waals surface area contributed by atoms with Gasteiger partial charge in [-0.25, -0.2) is 4.79 Å². The van der Waals surface area contributed by atoms with Crippen molar-refractivity contribution < 1.29 is 22.7 Å². The molecular weight excluding hydrogens is 257 g/mol. The summed E-state index contributed by atoms with van der Waals surface area (Å²) in [6, 6.07) is 3.05. The number of halogens is 3. The van der Waals surface area contributed by atoms with Gasteiger partial charge in [-0.2, -0.15) is 13.2 Å². The molecule has 19 heavy (non-hydrogen) atoms. The van der Waals surface area contributed by atoms with Gasteiger partial charge in [-0.3, -0.25) is 0 Å². The number of benzene rings is 1. The minimum absolute atomic E-state index is 0.116. The molecule has 0 aromatic heterocycles. The van der Waals surface area contributed by atoms with E-state index < -0.39 is 23.1 Å². The molecule has 0 unspecified atom stereocenters. The van der Waals surface area contributed by atoms with Gasteiger partial charge in [-0.1, -0.05) is 27.4 Å². The van der Waals surface area contributed by atoms with Gasteiger partial charge in [0.25, 0.3) is 0 Å². The summed E-state index contributed by atoms with van der Waals surface area (Å²) in [6.45, 7) is 8.48. The monoisotopic (exact) mass is 272 g/mol. The minimum Gasteiger partial charge on any atom is -0.423 e. The molecule has 1 aromatic rings. The van der Waals surface area contributed by atoms with Gasteiger partial charge in [-0.05, 0) is 23.6 Å². The molecule has 0 heterocycles. The third-order valence-corrected chi connectivity index (χ3v) is 2.49. The molecule has 0 spiro atoms.